The quantitative estimate of drug-likeness (QED) is 0.875. The molecule has 1 aromatic heterocycles. The van der Waals surface area contributed by atoms with Crippen LogP contribution < -0.4 is 15.6 Å². The Kier molecular flexibility index (Phi) is 4.70. The third kappa shape index (κ3) is 3.28. The standard InChI is InChI=1S/C16H17ClN2O2/c1-4-10-9-19-16(20)14(5-2)15(10)21-13-7-11(17)6-12(8-13)18-3/h5-9,18H,2,4H2,1,3H3,(H,19,20). The zero-order valence-electron chi connectivity index (χ0n) is 12.0. The summed E-state index contributed by atoms with van der Waals surface area (Å²) in [5, 5.41) is 3.57. The lowest BCUT2D eigenvalue weighted by atomic mass is 10.1. The summed E-state index contributed by atoms with van der Waals surface area (Å²) >= 11 is 6.07. The summed E-state index contributed by atoms with van der Waals surface area (Å²) in [5.74, 6) is 1.08. The van der Waals surface area contributed by atoms with Gasteiger partial charge < -0.3 is 15.0 Å². The topological polar surface area (TPSA) is 54.1 Å². The lowest BCUT2D eigenvalue weighted by Gasteiger charge is -2.13. The fourth-order valence-corrected chi connectivity index (χ4v) is 2.25. The van der Waals surface area contributed by atoms with Crippen LogP contribution in [0.25, 0.3) is 6.08 Å². The van der Waals surface area contributed by atoms with Gasteiger partial charge in [-0.1, -0.05) is 31.2 Å². The molecule has 0 radical (unpaired) electrons. The van der Waals surface area contributed by atoms with Gasteiger partial charge in [0.25, 0.3) is 5.56 Å². The first kappa shape index (κ1) is 15.2. The van der Waals surface area contributed by atoms with Gasteiger partial charge in [-0.15, -0.1) is 0 Å². The summed E-state index contributed by atoms with van der Waals surface area (Å²) in [4.78, 5) is 14.6. The van der Waals surface area contributed by atoms with Crippen molar-refractivity contribution in [2.45, 2.75) is 13.3 Å². The van der Waals surface area contributed by atoms with E-state index in [1.165, 1.54) is 6.08 Å². The monoisotopic (exact) mass is 304 g/mol. The van der Waals surface area contributed by atoms with Crippen molar-refractivity contribution in [3.63, 3.8) is 0 Å². The average Bonchev–Trinajstić information content (AvgIpc) is 2.47. The third-order valence-electron chi connectivity index (χ3n) is 3.12. The number of rotatable bonds is 5. The first-order chi connectivity index (χ1) is 10.1. The van der Waals surface area contributed by atoms with Gasteiger partial charge in [0.1, 0.15) is 11.5 Å². The van der Waals surface area contributed by atoms with Crippen LogP contribution in [0.1, 0.15) is 18.1 Å². The van der Waals surface area contributed by atoms with Crippen molar-refractivity contribution in [1.82, 2.24) is 4.98 Å². The number of pyridine rings is 1. The smallest absolute Gasteiger partial charge is 0.258 e. The molecule has 0 unspecified atom stereocenters. The number of aromatic nitrogens is 1. The SMILES string of the molecule is C=Cc1c(Oc2cc(Cl)cc(NC)c2)c(CC)c[nH]c1=O. The van der Waals surface area contributed by atoms with E-state index in [1.807, 2.05) is 13.0 Å². The summed E-state index contributed by atoms with van der Waals surface area (Å²) in [6.45, 7) is 5.67. The average molecular weight is 305 g/mol. The molecule has 2 rings (SSSR count). The molecule has 0 aliphatic carbocycles. The van der Waals surface area contributed by atoms with E-state index in [0.717, 1.165) is 17.7 Å². The van der Waals surface area contributed by atoms with Gasteiger partial charge in [-0.05, 0) is 18.6 Å². The summed E-state index contributed by atoms with van der Waals surface area (Å²) < 4.78 is 5.91. The van der Waals surface area contributed by atoms with E-state index in [-0.39, 0.29) is 5.56 Å². The second kappa shape index (κ2) is 6.50. The largest absolute Gasteiger partial charge is 0.456 e. The van der Waals surface area contributed by atoms with Crippen LogP contribution in [0.15, 0.2) is 35.8 Å². The van der Waals surface area contributed by atoms with Crippen LogP contribution >= 0.6 is 11.6 Å². The first-order valence-corrected chi connectivity index (χ1v) is 7.00. The number of ether oxygens (including phenoxy) is 1. The number of nitrogens with one attached hydrogen (secondary N) is 2. The Labute approximate surface area is 128 Å². The van der Waals surface area contributed by atoms with Crippen molar-refractivity contribution in [2.75, 3.05) is 12.4 Å². The molecular formula is C16H17ClN2O2. The minimum Gasteiger partial charge on any atom is -0.456 e. The lowest BCUT2D eigenvalue weighted by Crippen LogP contribution is -2.12. The molecule has 0 saturated heterocycles. The zero-order valence-corrected chi connectivity index (χ0v) is 12.8. The highest BCUT2D eigenvalue weighted by Gasteiger charge is 2.12. The Bertz CT molecular complexity index is 723. The molecule has 4 nitrogen and oxygen atoms in total. The van der Waals surface area contributed by atoms with Crippen LogP contribution in [0.2, 0.25) is 5.02 Å². The summed E-state index contributed by atoms with van der Waals surface area (Å²) in [6, 6.07) is 5.32. The molecule has 0 aliphatic heterocycles. The molecule has 2 aromatic rings. The van der Waals surface area contributed by atoms with Gasteiger partial charge in [-0.25, -0.2) is 0 Å². The van der Waals surface area contributed by atoms with E-state index >= 15 is 0 Å². The first-order valence-electron chi connectivity index (χ1n) is 6.62. The van der Waals surface area contributed by atoms with Crippen LogP contribution in [-0.2, 0) is 6.42 Å². The molecule has 0 saturated carbocycles. The minimum absolute atomic E-state index is 0.229. The predicted molar refractivity (Wildman–Crippen MR) is 87.6 cm³/mol. The molecule has 0 fully saturated rings. The number of hydrogen-bond acceptors (Lipinski definition) is 3. The summed E-state index contributed by atoms with van der Waals surface area (Å²) in [7, 11) is 1.80. The van der Waals surface area contributed by atoms with Crippen LogP contribution in [-0.4, -0.2) is 12.0 Å². The molecular weight excluding hydrogens is 288 g/mol. The van der Waals surface area contributed by atoms with Crippen molar-refractivity contribution >= 4 is 23.4 Å². The van der Waals surface area contributed by atoms with Crippen LogP contribution in [0.4, 0.5) is 5.69 Å². The molecule has 0 aliphatic rings. The Morgan fingerprint density at radius 2 is 2.19 bits per heavy atom. The van der Waals surface area contributed by atoms with Crippen molar-refractivity contribution in [3.8, 4) is 11.5 Å². The number of benzene rings is 1. The maximum atomic E-state index is 11.9. The minimum atomic E-state index is -0.229. The molecule has 1 aromatic carbocycles. The second-order valence-electron chi connectivity index (χ2n) is 4.47. The highest BCUT2D eigenvalue weighted by Crippen LogP contribution is 2.31. The Morgan fingerprint density at radius 3 is 2.81 bits per heavy atom. The Balaban J connectivity index is 2.52. The molecule has 5 heteroatoms. The fourth-order valence-electron chi connectivity index (χ4n) is 2.02. The van der Waals surface area contributed by atoms with Gasteiger partial charge >= 0.3 is 0 Å². The van der Waals surface area contributed by atoms with Gasteiger partial charge in [0, 0.05) is 35.6 Å². The van der Waals surface area contributed by atoms with Crippen molar-refractivity contribution in [2.24, 2.45) is 0 Å². The molecule has 0 amide bonds. The molecule has 21 heavy (non-hydrogen) atoms. The highest BCUT2D eigenvalue weighted by atomic mass is 35.5. The Hall–Kier alpha value is -2.20. The maximum Gasteiger partial charge on any atom is 0.258 e. The summed E-state index contributed by atoms with van der Waals surface area (Å²) in [5.41, 5.74) is 1.92. The number of aryl methyl sites for hydroxylation is 1. The van der Waals surface area contributed by atoms with E-state index in [1.54, 1.807) is 25.4 Å². The maximum absolute atomic E-state index is 11.9. The highest BCUT2D eigenvalue weighted by molar-refractivity contribution is 6.31. The number of halogens is 1. The zero-order chi connectivity index (χ0) is 15.4. The number of aromatic amines is 1. The van der Waals surface area contributed by atoms with E-state index in [2.05, 4.69) is 16.9 Å². The van der Waals surface area contributed by atoms with Crippen LogP contribution in [0, 0.1) is 0 Å². The Morgan fingerprint density at radius 1 is 1.43 bits per heavy atom. The third-order valence-corrected chi connectivity index (χ3v) is 3.34. The van der Waals surface area contributed by atoms with Crippen LogP contribution in [0.3, 0.4) is 0 Å². The van der Waals surface area contributed by atoms with Gasteiger partial charge in [-0.3, -0.25) is 4.79 Å². The van der Waals surface area contributed by atoms with E-state index in [4.69, 9.17) is 16.3 Å². The van der Waals surface area contributed by atoms with Crippen molar-refractivity contribution in [1.29, 1.82) is 0 Å². The predicted octanol–water partition coefficient (Wildman–Crippen LogP) is 4.07. The van der Waals surface area contributed by atoms with E-state index in [9.17, 15) is 4.79 Å². The lowest BCUT2D eigenvalue weighted by molar-refractivity contribution is 0.474. The fraction of sp³-hybridized carbons (Fsp3) is 0.188. The molecule has 2 N–H and O–H groups in total. The molecule has 0 atom stereocenters. The van der Waals surface area contributed by atoms with Crippen molar-refractivity contribution < 1.29 is 4.74 Å². The number of hydrogen-bond donors (Lipinski definition) is 2. The van der Waals surface area contributed by atoms with E-state index in [0.29, 0.717) is 22.1 Å². The number of H-pyrrole nitrogens is 1. The van der Waals surface area contributed by atoms with Gasteiger partial charge in [0.05, 0.1) is 5.56 Å². The molecule has 0 spiro atoms. The van der Waals surface area contributed by atoms with Crippen LogP contribution in [0.5, 0.6) is 11.5 Å². The number of anilines is 1. The molecule has 0 bridgehead atoms. The van der Waals surface area contributed by atoms with Crippen molar-refractivity contribution in [3.05, 3.63) is 57.5 Å². The molecule has 110 valence electrons. The second-order valence-corrected chi connectivity index (χ2v) is 4.91. The normalized spacial score (nSPS) is 10.2. The summed E-state index contributed by atoms with van der Waals surface area (Å²) in [6.07, 6.45) is 3.89. The van der Waals surface area contributed by atoms with E-state index < -0.39 is 0 Å². The molecule has 1 heterocycles. The van der Waals surface area contributed by atoms with Gasteiger partial charge in [0.15, 0.2) is 0 Å². The van der Waals surface area contributed by atoms with Gasteiger partial charge in [0.2, 0.25) is 0 Å². The van der Waals surface area contributed by atoms with Gasteiger partial charge in [-0.2, -0.15) is 0 Å².